The third kappa shape index (κ3) is 3.24. The van der Waals surface area contributed by atoms with Crippen molar-refractivity contribution in [3.05, 3.63) is 0 Å². The molecule has 4 heteroatoms. The number of urea groups is 1. The molecule has 0 saturated heterocycles. The third-order valence-electron chi connectivity index (χ3n) is 1.50. The van der Waals surface area contributed by atoms with Crippen LogP contribution in [0.4, 0.5) is 4.79 Å². The van der Waals surface area contributed by atoms with Crippen molar-refractivity contribution < 1.29 is 4.79 Å². The zero-order valence-electron chi connectivity index (χ0n) is 7.96. The second-order valence-electron chi connectivity index (χ2n) is 3.02. The fraction of sp³-hybridized carbons (Fsp3) is 0.750. The second kappa shape index (κ2) is 4.60. The van der Waals surface area contributed by atoms with Crippen LogP contribution < -0.4 is 5.32 Å². The Hall–Kier alpha value is -1.24. The number of hydrogen-bond donors (Lipinski definition) is 1. The van der Waals surface area contributed by atoms with Crippen molar-refractivity contribution >= 4 is 6.03 Å². The van der Waals surface area contributed by atoms with Gasteiger partial charge in [-0.05, 0) is 20.8 Å². The summed E-state index contributed by atoms with van der Waals surface area (Å²) in [6, 6.07) is 1.49. The molecule has 1 N–H and O–H groups in total. The van der Waals surface area contributed by atoms with E-state index in [1.807, 2.05) is 19.9 Å². The van der Waals surface area contributed by atoms with E-state index >= 15 is 0 Å². The van der Waals surface area contributed by atoms with Gasteiger partial charge in [-0.3, -0.25) is 0 Å². The fourth-order valence-corrected chi connectivity index (χ4v) is 0.611. The van der Waals surface area contributed by atoms with Gasteiger partial charge in [-0.25, -0.2) is 4.79 Å². The Bertz CT molecular complexity index is 195. The average Bonchev–Trinajstić information content (AvgIpc) is 2.00. The van der Waals surface area contributed by atoms with Crippen molar-refractivity contribution in [1.29, 1.82) is 5.26 Å². The summed E-state index contributed by atoms with van der Waals surface area (Å²) in [4.78, 5) is 12.6. The normalized spacial score (nSPS) is 12.0. The van der Waals surface area contributed by atoms with E-state index in [9.17, 15) is 4.79 Å². The monoisotopic (exact) mass is 169 g/mol. The van der Waals surface area contributed by atoms with Gasteiger partial charge in [-0.2, -0.15) is 5.26 Å². The molecule has 0 aliphatic heterocycles. The lowest BCUT2D eigenvalue weighted by molar-refractivity contribution is 0.200. The molecule has 0 bridgehead atoms. The van der Waals surface area contributed by atoms with Gasteiger partial charge < -0.3 is 10.2 Å². The van der Waals surface area contributed by atoms with Crippen molar-refractivity contribution in [2.45, 2.75) is 32.9 Å². The molecule has 12 heavy (non-hydrogen) atoms. The Morgan fingerprint density at radius 3 is 2.33 bits per heavy atom. The van der Waals surface area contributed by atoms with Gasteiger partial charge in [-0.1, -0.05) is 0 Å². The summed E-state index contributed by atoms with van der Waals surface area (Å²) in [7, 11) is 1.60. The summed E-state index contributed by atoms with van der Waals surface area (Å²) in [5.74, 6) is 0. The van der Waals surface area contributed by atoms with E-state index in [2.05, 4.69) is 5.32 Å². The highest BCUT2D eigenvalue weighted by Crippen LogP contribution is 1.94. The minimum Gasteiger partial charge on any atom is -0.336 e. The highest BCUT2D eigenvalue weighted by molar-refractivity contribution is 5.74. The highest BCUT2D eigenvalue weighted by atomic mass is 16.2. The molecule has 0 aromatic heterocycles. The predicted molar refractivity (Wildman–Crippen MR) is 46.5 cm³/mol. The first-order chi connectivity index (χ1) is 5.49. The molecule has 0 aliphatic rings. The smallest absolute Gasteiger partial charge is 0.318 e. The lowest BCUT2D eigenvalue weighted by atomic mass is 10.3. The quantitative estimate of drug-likeness (QED) is 0.669. The van der Waals surface area contributed by atoms with E-state index in [-0.39, 0.29) is 18.1 Å². The van der Waals surface area contributed by atoms with Crippen molar-refractivity contribution in [3.8, 4) is 6.07 Å². The van der Waals surface area contributed by atoms with Crippen molar-refractivity contribution in [2.24, 2.45) is 0 Å². The van der Waals surface area contributed by atoms with Gasteiger partial charge in [0, 0.05) is 13.1 Å². The molecule has 0 spiro atoms. The number of nitrogens with zero attached hydrogens (tertiary/aromatic N) is 2. The first-order valence-electron chi connectivity index (χ1n) is 3.92. The van der Waals surface area contributed by atoms with Crippen LogP contribution in [0.1, 0.15) is 20.8 Å². The number of carbonyl (C=O) groups is 1. The van der Waals surface area contributed by atoms with Crippen LogP contribution in [0.5, 0.6) is 0 Å². The maximum Gasteiger partial charge on any atom is 0.318 e. The van der Waals surface area contributed by atoms with Crippen molar-refractivity contribution in [3.63, 3.8) is 0 Å². The highest BCUT2D eigenvalue weighted by Gasteiger charge is 2.14. The Morgan fingerprint density at radius 1 is 1.50 bits per heavy atom. The standard InChI is InChI=1S/C8H15N3O/c1-6(2)10-8(12)11(4)7(3)5-9/h6-7H,1-4H3,(H,10,12). The number of amides is 2. The summed E-state index contributed by atoms with van der Waals surface area (Å²) in [6.45, 7) is 5.44. The van der Waals surface area contributed by atoms with Gasteiger partial charge in [0.1, 0.15) is 6.04 Å². The van der Waals surface area contributed by atoms with Crippen LogP contribution in [0.2, 0.25) is 0 Å². The Labute approximate surface area is 73.2 Å². The SMILES string of the molecule is CC(C)NC(=O)N(C)C(C)C#N. The van der Waals surface area contributed by atoms with Crippen molar-refractivity contribution in [1.82, 2.24) is 10.2 Å². The third-order valence-corrected chi connectivity index (χ3v) is 1.50. The van der Waals surface area contributed by atoms with Crippen LogP contribution in [-0.2, 0) is 0 Å². The fourth-order valence-electron chi connectivity index (χ4n) is 0.611. The number of hydrogen-bond acceptors (Lipinski definition) is 2. The average molecular weight is 169 g/mol. The molecule has 1 unspecified atom stereocenters. The minimum absolute atomic E-state index is 0.103. The first-order valence-corrected chi connectivity index (χ1v) is 3.92. The Balaban J connectivity index is 4.03. The van der Waals surface area contributed by atoms with E-state index in [0.717, 1.165) is 0 Å². The molecular formula is C8H15N3O. The molecule has 0 aliphatic carbocycles. The zero-order valence-corrected chi connectivity index (χ0v) is 7.96. The number of rotatable bonds is 2. The van der Waals surface area contributed by atoms with Crippen molar-refractivity contribution in [2.75, 3.05) is 7.05 Å². The van der Waals surface area contributed by atoms with E-state index in [4.69, 9.17) is 5.26 Å². The number of nitriles is 1. The predicted octanol–water partition coefficient (Wildman–Crippen LogP) is 0.948. The zero-order chi connectivity index (χ0) is 9.72. The molecule has 4 nitrogen and oxygen atoms in total. The van der Waals surface area contributed by atoms with E-state index in [1.165, 1.54) is 4.90 Å². The van der Waals surface area contributed by atoms with Gasteiger partial charge in [0.2, 0.25) is 0 Å². The Kier molecular flexibility index (Phi) is 4.12. The summed E-state index contributed by atoms with van der Waals surface area (Å²) in [6.07, 6.45) is 0. The van der Waals surface area contributed by atoms with E-state index < -0.39 is 0 Å². The van der Waals surface area contributed by atoms with Crippen LogP contribution >= 0.6 is 0 Å². The molecule has 68 valence electrons. The molecule has 0 rings (SSSR count). The molecule has 2 amide bonds. The maximum absolute atomic E-state index is 11.2. The lowest BCUT2D eigenvalue weighted by Crippen LogP contribution is -2.44. The first kappa shape index (κ1) is 10.8. The largest absolute Gasteiger partial charge is 0.336 e. The summed E-state index contributed by atoms with van der Waals surface area (Å²) in [5, 5.41) is 11.2. The molecule has 1 atom stereocenters. The van der Waals surface area contributed by atoms with Gasteiger partial charge in [0.05, 0.1) is 6.07 Å². The van der Waals surface area contributed by atoms with E-state index in [1.54, 1.807) is 14.0 Å². The van der Waals surface area contributed by atoms with Crippen LogP contribution in [0, 0.1) is 11.3 Å². The maximum atomic E-state index is 11.2. The molecule has 0 fully saturated rings. The minimum atomic E-state index is -0.385. The van der Waals surface area contributed by atoms with Crippen LogP contribution in [0.3, 0.4) is 0 Å². The van der Waals surface area contributed by atoms with Gasteiger partial charge in [0.25, 0.3) is 0 Å². The van der Waals surface area contributed by atoms with Crippen LogP contribution in [-0.4, -0.2) is 30.1 Å². The van der Waals surface area contributed by atoms with Crippen LogP contribution in [0.15, 0.2) is 0 Å². The Morgan fingerprint density at radius 2 is 2.00 bits per heavy atom. The summed E-state index contributed by atoms with van der Waals surface area (Å²) in [5.41, 5.74) is 0. The number of nitrogens with one attached hydrogen (secondary N) is 1. The molecule has 0 aromatic rings. The summed E-state index contributed by atoms with van der Waals surface area (Å²) >= 11 is 0. The molecular weight excluding hydrogens is 154 g/mol. The topological polar surface area (TPSA) is 56.1 Å². The van der Waals surface area contributed by atoms with Crippen LogP contribution in [0.25, 0.3) is 0 Å². The molecule has 0 heterocycles. The molecule has 0 radical (unpaired) electrons. The molecule has 0 saturated carbocycles. The lowest BCUT2D eigenvalue weighted by Gasteiger charge is -2.21. The van der Waals surface area contributed by atoms with Gasteiger partial charge in [0.15, 0.2) is 0 Å². The van der Waals surface area contributed by atoms with E-state index in [0.29, 0.717) is 0 Å². The van der Waals surface area contributed by atoms with Gasteiger partial charge in [-0.15, -0.1) is 0 Å². The summed E-state index contributed by atoms with van der Waals surface area (Å²) < 4.78 is 0. The number of carbonyl (C=O) groups excluding carboxylic acids is 1. The van der Waals surface area contributed by atoms with Gasteiger partial charge >= 0.3 is 6.03 Å². The molecule has 0 aromatic carbocycles. The second-order valence-corrected chi connectivity index (χ2v) is 3.02.